The molecule has 0 spiro atoms. The molecule has 0 heterocycles. The smallest absolute Gasteiger partial charge is 0.182 e. The second-order valence-electron chi connectivity index (χ2n) is 12.6. The summed E-state index contributed by atoms with van der Waals surface area (Å²) in [5.74, 6) is -0.809. The number of hydrogen-bond donors (Lipinski definition) is 0. The maximum absolute atomic E-state index is 14.2. The third kappa shape index (κ3) is 4.46. The molecule has 228 valence electrons. The van der Waals surface area contributed by atoms with E-state index in [1.54, 1.807) is 24.3 Å². The van der Waals surface area contributed by atoms with Gasteiger partial charge in [0.25, 0.3) is 0 Å². The van der Waals surface area contributed by atoms with Crippen LogP contribution in [0, 0.1) is 13.8 Å². The first-order valence-corrected chi connectivity index (χ1v) is 18.8. The van der Waals surface area contributed by atoms with Crippen LogP contribution in [0.25, 0.3) is 10.8 Å². The highest BCUT2D eigenvalue weighted by molar-refractivity contribution is 7.91. The van der Waals surface area contributed by atoms with E-state index in [9.17, 15) is 16.8 Å². The molecule has 0 radical (unpaired) electrons. The van der Waals surface area contributed by atoms with Crippen LogP contribution in [0.2, 0.25) is 0 Å². The quantitative estimate of drug-likeness (QED) is 0.183. The average molecular weight is 641 g/mol. The number of aryl methyl sites for hydroxylation is 2. The minimum atomic E-state index is -3.74. The molecule has 0 N–H and O–H groups in total. The maximum atomic E-state index is 14.2. The van der Waals surface area contributed by atoms with E-state index in [1.165, 1.54) is 0 Å². The Balaban J connectivity index is 1.45. The lowest BCUT2D eigenvalue weighted by molar-refractivity contribution is 0.592. The topological polar surface area (TPSA) is 68.3 Å². The van der Waals surface area contributed by atoms with E-state index >= 15 is 0 Å². The number of sulfone groups is 2. The van der Waals surface area contributed by atoms with Crippen LogP contribution in [0.15, 0.2) is 131 Å². The molecule has 3 aliphatic carbocycles. The number of benzene rings is 6. The van der Waals surface area contributed by atoms with Gasteiger partial charge in [0.05, 0.1) is 21.3 Å². The molecule has 0 aromatic heterocycles. The van der Waals surface area contributed by atoms with Gasteiger partial charge >= 0.3 is 0 Å². The number of fused-ring (bicyclic) bond motifs is 1. The first-order chi connectivity index (χ1) is 22.1. The Morgan fingerprint density at radius 1 is 0.435 bits per heavy atom. The molecule has 6 heteroatoms. The van der Waals surface area contributed by atoms with Crippen molar-refractivity contribution in [2.75, 3.05) is 0 Å². The van der Waals surface area contributed by atoms with Crippen molar-refractivity contribution in [2.45, 2.75) is 47.0 Å². The third-order valence-electron chi connectivity index (χ3n) is 9.76. The SMILES string of the molecule is Cc1ccc(S(=O)(=O)Cc2c3c(c(CS(=O)(=O)c4ccc(C)cc4)c4ccccc24)C2c4ccccc4C3c3ccccc32)cc1. The van der Waals surface area contributed by atoms with Crippen molar-refractivity contribution < 1.29 is 16.8 Å². The fraction of sp³-hybridized carbons (Fsp3) is 0.150. The van der Waals surface area contributed by atoms with Crippen molar-refractivity contribution >= 4 is 30.4 Å². The Kier molecular flexibility index (Phi) is 6.61. The Morgan fingerprint density at radius 2 is 0.739 bits per heavy atom. The zero-order valence-electron chi connectivity index (χ0n) is 25.6. The van der Waals surface area contributed by atoms with Crippen LogP contribution in [0.4, 0.5) is 0 Å². The summed E-state index contributed by atoms with van der Waals surface area (Å²) >= 11 is 0. The Bertz CT molecular complexity index is 2190. The van der Waals surface area contributed by atoms with Gasteiger partial charge in [0.1, 0.15) is 0 Å². The van der Waals surface area contributed by atoms with E-state index < -0.39 is 19.7 Å². The van der Waals surface area contributed by atoms with Crippen LogP contribution in [-0.2, 0) is 31.2 Å². The van der Waals surface area contributed by atoms with Crippen LogP contribution in [0.3, 0.4) is 0 Å². The van der Waals surface area contributed by atoms with E-state index in [2.05, 4.69) is 24.3 Å². The van der Waals surface area contributed by atoms with Crippen LogP contribution < -0.4 is 0 Å². The lowest BCUT2D eigenvalue weighted by atomic mass is 9.59. The molecule has 0 unspecified atom stereocenters. The summed E-state index contributed by atoms with van der Waals surface area (Å²) in [6.07, 6.45) is 0. The predicted molar refractivity (Wildman–Crippen MR) is 183 cm³/mol. The van der Waals surface area contributed by atoms with Crippen LogP contribution >= 0.6 is 0 Å². The van der Waals surface area contributed by atoms with Gasteiger partial charge in [-0.15, -0.1) is 0 Å². The van der Waals surface area contributed by atoms with Crippen LogP contribution in [0.5, 0.6) is 0 Å². The minimum absolute atomic E-state index is 0.183. The van der Waals surface area contributed by atoms with Gasteiger partial charge in [-0.2, -0.15) is 0 Å². The van der Waals surface area contributed by atoms with E-state index in [1.807, 2.05) is 86.6 Å². The molecule has 3 aliphatic rings. The minimum Gasteiger partial charge on any atom is -0.223 e. The summed E-state index contributed by atoms with van der Waals surface area (Å²) in [6.45, 7) is 3.88. The van der Waals surface area contributed by atoms with Gasteiger partial charge in [-0.3, -0.25) is 0 Å². The van der Waals surface area contributed by atoms with Crippen molar-refractivity contribution in [2.24, 2.45) is 0 Å². The molecule has 0 saturated heterocycles. The summed E-state index contributed by atoms with van der Waals surface area (Å²) in [5.41, 5.74) is 9.95. The van der Waals surface area contributed by atoms with E-state index in [-0.39, 0.29) is 33.1 Å². The van der Waals surface area contributed by atoms with Gasteiger partial charge in [-0.05, 0) is 93.4 Å². The standard InChI is InChI=1S/C40H32O4S2/c1-25-15-19-27(20-16-25)45(41,42)23-35-29-9-3-4-10-30(29)36(24-46(43,44)28-21-17-26(2)18-22-28)40-38-33-13-7-5-11-31(33)37(39(35)40)32-12-6-8-14-34(32)38/h3-22,37-38H,23-24H2,1-2H3. The molecule has 4 nitrogen and oxygen atoms in total. The molecule has 6 aromatic rings. The fourth-order valence-corrected chi connectivity index (χ4v) is 10.5. The van der Waals surface area contributed by atoms with Crippen molar-refractivity contribution in [3.8, 4) is 0 Å². The number of rotatable bonds is 6. The zero-order chi connectivity index (χ0) is 31.8. The summed E-state index contributed by atoms with van der Waals surface area (Å²) in [4.78, 5) is 0.562. The summed E-state index contributed by atoms with van der Waals surface area (Å²) in [6, 6.07) is 38.5. The van der Waals surface area contributed by atoms with Gasteiger partial charge in [0.2, 0.25) is 0 Å². The largest absolute Gasteiger partial charge is 0.223 e. The van der Waals surface area contributed by atoms with Gasteiger partial charge in [0.15, 0.2) is 19.7 Å². The summed E-state index contributed by atoms with van der Waals surface area (Å²) in [7, 11) is -7.48. The summed E-state index contributed by atoms with van der Waals surface area (Å²) in [5, 5.41) is 1.57. The van der Waals surface area contributed by atoms with Crippen molar-refractivity contribution in [1.29, 1.82) is 0 Å². The monoisotopic (exact) mass is 640 g/mol. The molecule has 2 bridgehead atoms. The molecule has 0 fully saturated rings. The highest BCUT2D eigenvalue weighted by Gasteiger charge is 2.45. The van der Waals surface area contributed by atoms with Crippen molar-refractivity contribution in [3.05, 3.63) is 177 Å². The Morgan fingerprint density at radius 3 is 1.07 bits per heavy atom. The zero-order valence-corrected chi connectivity index (χ0v) is 27.2. The van der Waals surface area contributed by atoms with Gasteiger partial charge in [0, 0.05) is 11.8 Å². The molecule has 0 amide bonds. The van der Waals surface area contributed by atoms with Crippen LogP contribution in [0.1, 0.15) is 67.5 Å². The average Bonchev–Trinajstić information content (AvgIpc) is 3.06. The summed E-state index contributed by atoms with van der Waals surface area (Å²) < 4.78 is 56.7. The molecular formula is C40H32O4S2. The number of hydrogen-bond acceptors (Lipinski definition) is 4. The Labute approximate surface area is 270 Å². The third-order valence-corrected chi connectivity index (χ3v) is 13.1. The Hall–Kier alpha value is -4.52. The lowest BCUT2D eigenvalue weighted by Gasteiger charge is -2.44. The highest BCUT2D eigenvalue weighted by Crippen LogP contribution is 2.59. The van der Waals surface area contributed by atoms with Gasteiger partial charge in [-0.1, -0.05) is 108 Å². The van der Waals surface area contributed by atoms with Gasteiger partial charge < -0.3 is 0 Å². The van der Waals surface area contributed by atoms with E-state index in [4.69, 9.17) is 0 Å². The fourth-order valence-electron chi connectivity index (χ4n) is 7.66. The molecule has 0 saturated carbocycles. The molecule has 0 aliphatic heterocycles. The van der Waals surface area contributed by atoms with Crippen molar-refractivity contribution in [3.63, 3.8) is 0 Å². The normalized spacial score (nSPS) is 16.6. The molecular weight excluding hydrogens is 609 g/mol. The molecule has 0 atom stereocenters. The van der Waals surface area contributed by atoms with Crippen molar-refractivity contribution in [1.82, 2.24) is 0 Å². The second kappa shape index (κ2) is 10.5. The second-order valence-corrected chi connectivity index (χ2v) is 16.6. The van der Waals surface area contributed by atoms with Gasteiger partial charge in [-0.25, -0.2) is 16.8 Å². The first kappa shape index (κ1) is 28.9. The van der Waals surface area contributed by atoms with Crippen LogP contribution in [-0.4, -0.2) is 16.8 Å². The van der Waals surface area contributed by atoms with E-state index in [0.29, 0.717) is 0 Å². The maximum Gasteiger partial charge on any atom is 0.182 e. The molecule has 46 heavy (non-hydrogen) atoms. The van der Waals surface area contributed by atoms with E-state index in [0.717, 1.165) is 66.4 Å². The predicted octanol–water partition coefficient (Wildman–Crippen LogP) is 8.39. The molecule has 9 rings (SSSR count). The highest BCUT2D eigenvalue weighted by atomic mass is 32.2. The lowest BCUT2D eigenvalue weighted by Crippen LogP contribution is -2.31. The first-order valence-electron chi connectivity index (χ1n) is 15.5. The molecule has 6 aromatic carbocycles.